The monoisotopic (exact) mass is 456 g/mol. The molecule has 2 aromatic rings. The molecular formula is C26H36N2O5. The number of ether oxygens (including phenoxy) is 3. The second-order valence-electron chi connectivity index (χ2n) is 8.41. The average Bonchev–Trinajstić information content (AvgIpc) is 2.81. The van der Waals surface area contributed by atoms with Crippen molar-refractivity contribution in [3.63, 3.8) is 0 Å². The Bertz CT molecular complexity index is 889. The molecule has 0 bridgehead atoms. The van der Waals surface area contributed by atoms with Crippen molar-refractivity contribution in [3.05, 3.63) is 53.6 Å². The summed E-state index contributed by atoms with van der Waals surface area (Å²) >= 11 is 0. The molecule has 0 saturated carbocycles. The second kappa shape index (κ2) is 12.7. The fourth-order valence-electron chi connectivity index (χ4n) is 3.32. The SMILES string of the molecule is CC[C@@H](C(=O)NCC(C)C)N(Cc1ccc(C)cc1)C(=O)COc1cc(OC)cc(OC)c1. The lowest BCUT2D eigenvalue weighted by atomic mass is 10.1. The molecule has 7 nitrogen and oxygen atoms in total. The molecule has 0 heterocycles. The quantitative estimate of drug-likeness (QED) is 0.523. The van der Waals surface area contributed by atoms with Crippen LogP contribution in [0.25, 0.3) is 0 Å². The van der Waals surface area contributed by atoms with Crippen LogP contribution >= 0.6 is 0 Å². The van der Waals surface area contributed by atoms with Gasteiger partial charge in [0.25, 0.3) is 5.91 Å². The highest BCUT2D eigenvalue weighted by molar-refractivity contribution is 5.88. The standard InChI is InChI=1S/C26H36N2O5/c1-7-24(26(30)27-15-18(2)3)28(16-20-10-8-19(4)9-11-20)25(29)17-33-23-13-21(31-5)12-22(14-23)32-6/h8-14,18,24H,7,15-17H2,1-6H3,(H,27,30)/t24-/m0/s1. The van der Waals surface area contributed by atoms with Crippen LogP contribution in [-0.4, -0.2) is 50.1 Å². The Morgan fingerprint density at radius 3 is 2.06 bits per heavy atom. The molecule has 0 saturated heterocycles. The Labute approximate surface area is 197 Å². The summed E-state index contributed by atoms with van der Waals surface area (Å²) < 4.78 is 16.3. The molecule has 0 unspecified atom stereocenters. The molecule has 180 valence electrons. The van der Waals surface area contributed by atoms with Gasteiger partial charge in [0.2, 0.25) is 5.91 Å². The highest BCUT2D eigenvalue weighted by Gasteiger charge is 2.29. The Morgan fingerprint density at radius 2 is 1.55 bits per heavy atom. The van der Waals surface area contributed by atoms with Gasteiger partial charge in [0.15, 0.2) is 6.61 Å². The predicted molar refractivity (Wildman–Crippen MR) is 129 cm³/mol. The lowest BCUT2D eigenvalue weighted by Gasteiger charge is -2.31. The summed E-state index contributed by atoms with van der Waals surface area (Å²) in [5, 5.41) is 2.96. The molecular weight excluding hydrogens is 420 g/mol. The zero-order valence-corrected chi connectivity index (χ0v) is 20.5. The van der Waals surface area contributed by atoms with E-state index in [1.807, 2.05) is 52.0 Å². The maximum Gasteiger partial charge on any atom is 0.261 e. The van der Waals surface area contributed by atoms with Gasteiger partial charge >= 0.3 is 0 Å². The number of nitrogens with zero attached hydrogens (tertiary/aromatic N) is 1. The van der Waals surface area contributed by atoms with Gasteiger partial charge in [-0.05, 0) is 24.8 Å². The number of carbonyl (C=O) groups is 2. The van der Waals surface area contributed by atoms with E-state index in [9.17, 15) is 9.59 Å². The molecule has 0 aliphatic rings. The number of rotatable bonds is 12. The van der Waals surface area contributed by atoms with Crippen LogP contribution in [0.15, 0.2) is 42.5 Å². The first-order valence-electron chi connectivity index (χ1n) is 11.3. The first-order valence-corrected chi connectivity index (χ1v) is 11.3. The van der Waals surface area contributed by atoms with Gasteiger partial charge in [0.1, 0.15) is 23.3 Å². The van der Waals surface area contributed by atoms with Gasteiger partial charge in [-0.2, -0.15) is 0 Å². The van der Waals surface area contributed by atoms with Crippen molar-refractivity contribution in [3.8, 4) is 17.2 Å². The molecule has 2 amide bonds. The third-order valence-corrected chi connectivity index (χ3v) is 5.23. The minimum Gasteiger partial charge on any atom is -0.496 e. The molecule has 0 fully saturated rings. The molecule has 1 N–H and O–H groups in total. The van der Waals surface area contributed by atoms with Crippen LogP contribution in [0.2, 0.25) is 0 Å². The maximum absolute atomic E-state index is 13.3. The van der Waals surface area contributed by atoms with Crippen molar-refractivity contribution in [1.29, 1.82) is 0 Å². The van der Waals surface area contributed by atoms with E-state index in [1.54, 1.807) is 37.3 Å². The Balaban J connectivity index is 2.22. The molecule has 0 radical (unpaired) electrons. The predicted octanol–water partition coefficient (Wildman–Crippen LogP) is 3.97. The molecule has 2 rings (SSSR count). The highest BCUT2D eigenvalue weighted by atomic mass is 16.5. The summed E-state index contributed by atoms with van der Waals surface area (Å²) in [6.45, 7) is 8.65. The molecule has 0 aliphatic carbocycles. The van der Waals surface area contributed by atoms with E-state index in [4.69, 9.17) is 14.2 Å². The summed E-state index contributed by atoms with van der Waals surface area (Å²) in [6.07, 6.45) is 0.495. The van der Waals surface area contributed by atoms with Crippen LogP contribution in [-0.2, 0) is 16.1 Å². The third kappa shape index (κ3) is 8.00. The summed E-state index contributed by atoms with van der Waals surface area (Å²) in [4.78, 5) is 27.8. The average molecular weight is 457 g/mol. The van der Waals surface area contributed by atoms with Crippen LogP contribution < -0.4 is 19.5 Å². The van der Waals surface area contributed by atoms with Gasteiger partial charge < -0.3 is 24.4 Å². The van der Waals surface area contributed by atoms with Crippen molar-refractivity contribution in [2.24, 2.45) is 5.92 Å². The van der Waals surface area contributed by atoms with E-state index in [2.05, 4.69) is 5.32 Å². The molecule has 0 aliphatic heterocycles. The summed E-state index contributed by atoms with van der Waals surface area (Å²) in [6, 6.07) is 12.4. The molecule has 0 spiro atoms. The van der Waals surface area contributed by atoms with Crippen LogP contribution in [0.5, 0.6) is 17.2 Å². The maximum atomic E-state index is 13.3. The number of aryl methyl sites for hydroxylation is 1. The lowest BCUT2D eigenvalue weighted by molar-refractivity contribution is -0.143. The molecule has 33 heavy (non-hydrogen) atoms. The van der Waals surface area contributed by atoms with Crippen LogP contribution in [0.3, 0.4) is 0 Å². The van der Waals surface area contributed by atoms with Crippen LogP contribution in [0.1, 0.15) is 38.3 Å². The lowest BCUT2D eigenvalue weighted by Crippen LogP contribution is -2.50. The largest absolute Gasteiger partial charge is 0.496 e. The Kier molecular flexibility index (Phi) is 10.0. The zero-order chi connectivity index (χ0) is 24.4. The smallest absolute Gasteiger partial charge is 0.261 e. The van der Waals surface area contributed by atoms with Gasteiger partial charge in [-0.15, -0.1) is 0 Å². The van der Waals surface area contributed by atoms with Gasteiger partial charge in [-0.1, -0.05) is 50.6 Å². The van der Waals surface area contributed by atoms with E-state index < -0.39 is 6.04 Å². The van der Waals surface area contributed by atoms with E-state index in [-0.39, 0.29) is 18.4 Å². The van der Waals surface area contributed by atoms with E-state index in [0.717, 1.165) is 11.1 Å². The normalized spacial score (nSPS) is 11.6. The van der Waals surface area contributed by atoms with E-state index >= 15 is 0 Å². The molecule has 0 aromatic heterocycles. The van der Waals surface area contributed by atoms with Gasteiger partial charge in [-0.25, -0.2) is 0 Å². The number of hydrogen-bond donors (Lipinski definition) is 1. The second-order valence-corrected chi connectivity index (χ2v) is 8.41. The fourth-order valence-corrected chi connectivity index (χ4v) is 3.32. The number of carbonyl (C=O) groups excluding carboxylic acids is 2. The number of nitrogens with one attached hydrogen (secondary N) is 1. The van der Waals surface area contributed by atoms with Crippen molar-refractivity contribution >= 4 is 11.8 Å². The first kappa shape index (κ1) is 26.0. The first-order chi connectivity index (χ1) is 15.8. The molecule has 2 aromatic carbocycles. The number of amides is 2. The number of methoxy groups -OCH3 is 2. The van der Waals surface area contributed by atoms with E-state index in [0.29, 0.717) is 42.7 Å². The summed E-state index contributed by atoms with van der Waals surface area (Å²) in [7, 11) is 3.10. The van der Waals surface area contributed by atoms with Crippen molar-refractivity contribution < 1.29 is 23.8 Å². The van der Waals surface area contributed by atoms with Crippen molar-refractivity contribution in [2.45, 2.75) is 46.7 Å². The van der Waals surface area contributed by atoms with Gasteiger partial charge in [0.05, 0.1) is 14.2 Å². The minimum absolute atomic E-state index is 0.158. The van der Waals surface area contributed by atoms with Gasteiger partial charge in [-0.3, -0.25) is 9.59 Å². The number of hydrogen-bond acceptors (Lipinski definition) is 5. The zero-order valence-electron chi connectivity index (χ0n) is 20.5. The Hall–Kier alpha value is -3.22. The van der Waals surface area contributed by atoms with Crippen LogP contribution in [0, 0.1) is 12.8 Å². The highest BCUT2D eigenvalue weighted by Crippen LogP contribution is 2.27. The topological polar surface area (TPSA) is 77.1 Å². The summed E-state index contributed by atoms with van der Waals surface area (Å²) in [5.74, 6) is 1.46. The Morgan fingerprint density at radius 1 is 0.970 bits per heavy atom. The van der Waals surface area contributed by atoms with Crippen molar-refractivity contribution in [1.82, 2.24) is 10.2 Å². The number of benzene rings is 2. The molecule has 1 atom stereocenters. The fraction of sp³-hybridized carbons (Fsp3) is 0.462. The van der Waals surface area contributed by atoms with Crippen molar-refractivity contribution in [2.75, 3.05) is 27.4 Å². The van der Waals surface area contributed by atoms with E-state index in [1.165, 1.54) is 0 Å². The minimum atomic E-state index is -0.596. The molecule has 7 heteroatoms. The van der Waals surface area contributed by atoms with Gasteiger partial charge in [0, 0.05) is 31.3 Å². The third-order valence-electron chi connectivity index (χ3n) is 5.23. The summed E-state index contributed by atoms with van der Waals surface area (Å²) in [5.41, 5.74) is 2.08. The van der Waals surface area contributed by atoms with Crippen LogP contribution in [0.4, 0.5) is 0 Å².